The normalized spacial score (nSPS) is 9.06. The van der Waals surface area contributed by atoms with Crippen LogP contribution in [0.25, 0.3) is 0 Å². The molecule has 11 N–H and O–H groups in total. The van der Waals surface area contributed by atoms with Crippen molar-refractivity contribution in [1.29, 1.82) is 0 Å². The number of ether oxygens (including phenoxy) is 4. The van der Waals surface area contributed by atoms with Gasteiger partial charge in [-0.25, -0.2) is 24.0 Å². The molecule has 0 amide bonds. The molecule has 6 aromatic carbocycles. The van der Waals surface area contributed by atoms with Crippen molar-refractivity contribution in [1.82, 2.24) is 0 Å². The topological polar surface area (TPSA) is 427 Å². The third kappa shape index (κ3) is 39.3. The summed E-state index contributed by atoms with van der Waals surface area (Å²) < 4.78 is 49.8. The SMILES string of the molecule is CO.COC(=O)c1cc(Br)cc([N+](=O)[O-])c1.COC(=O)c1cc(N)cc(Br)c1.COC(=O)c1cc(N)cc([N+](=O)[O-])c1.COC(=O)c1cc(O)cc(Br)c1.Cc1ccc(S(=O)(=O)O)cc1.O.O=C(O)c1cc(O)cc(Br)c1.[B].[Cl][Ni][Cl].[Cu][Br].[H-].[Na+]. The summed E-state index contributed by atoms with van der Waals surface area (Å²) in [6.07, 6.45) is 0. The molecule has 0 aliphatic heterocycles. The van der Waals surface area contributed by atoms with E-state index in [2.05, 4.69) is 111 Å². The Morgan fingerprint density at radius 1 is 0.571 bits per heavy atom. The molecular weight excluding hydrogens is 1620 g/mol. The van der Waals surface area contributed by atoms with Gasteiger partial charge in [-0.1, -0.05) is 81.4 Å². The molecule has 0 saturated heterocycles. The Labute approximate surface area is 569 Å². The van der Waals surface area contributed by atoms with Crippen LogP contribution in [0, 0.1) is 27.2 Å². The molecule has 6 aromatic rings. The number of aliphatic hydroxyl groups excluding tert-OH is 1. The number of phenols is 2. The van der Waals surface area contributed by atoms with Gasteiger partial charge in [0.15, 0.2) is 0 Å². The summed E-state index contributed by atoms with van der Waals surface area (Å²) in [5, 5.41) is 54.4. The number of nitrogens with two attached hydrogens (primary N) is 2. The van der Waals surface area contributed by atoms with Gasteiger partial charge in [0.05, 0.1) is 71.0 Å². The molecule has 0 atom stereocenters. The quantitative estimate of drug-likeness (QED) is 0.0146. The van der Waals surface area contributed by atoms with Gasteiger partial charge in [-0.05, 0) is 85.8 Å². The minimum atomic E-state index is -4.02. The number of carboxylic acids is 1. The fourth-order valence-corrected chi connectivity index (χ4v) is 7.39. The summed E-state index contributed by atoms with van der Waals surface area (Å²) in [6.45, 7) is 1.84. The van der Waals surface area contributed by atoms with Crippen LogP contribution in [0.5, 0.6) is 11.5 Å². The summed E-state index contributed by atoms with van der Waals surface area (Å²) >= 11 is 19.6. The maximum atomic E-state index is 11.1. The first-order chi connectivity index (χ1) is 37.8. The van der Waals surface area contributed by atoms with Crippen LogP contribution in [0.4, 0.5) is 22.7 Å². The number of aromatic carboxylic acids is 1. The van der Waals surface area contributed by atoms with E-state index in [0.29, 0.717) is 42.9 Å². The molecule has 0 unspecified atom stereocenters. The number of aryl methyl sites for hydroxylation is 1. The van der Waals surface area contributed by atoms with Crippen LogP contribution in [0.1, 0.15) is 58.8 Å². The number of esters is 4. The number of aromatic hydroxyl groups is 2. The number of phenolic OH excluding ortho intramolecular Hbond substituents is 2. The molecule has 0 fully saturated rings. The molecule has 0 saturated carbocycles. The Morgan fingerprint density at radius 3 is 1.15 bits per heavy atom. The van der Waals surface area contributed by atoms with E-state index in [1.807, 2.05) is 6.92 Å². The zero-order valence-electron chi connectivity index (χ0n) is 45.1. The predicted molar refractivity (Wildman–Crippen MR) is 321 cm³/mol. The molecule has 0 bridgehead atoms. The van der Waals surface area contributed by atoms with Gasteiger partial charge in [0, 0.05) is 69.1 Å². The average molecular weight is 1660 g/mol. The Kier molecular flexibility index (Phi) is 53.6. The summed E-state index contributed by atoms with van der Waals surface area (Å²) in [4.78, 5) is 74.1. The van der Waals surface area contributed by atoms with Gasteiger partial charge in [0.1, 0.15) is 11.5 Å². The second kappa shape index (κ2) is 49.6. The van der Waals surface area contributed by atoms with E-state index in [1.165, 1.54) is 95.2 Å². The molecule has 0 aliphatic carbocycles. The second-order valence-electron chi connectivity index (χ2n) is 13.8. The van der Waals surface area contributed by atoms with E-state index >= 15 is 0 Å². The zero-order chi connectivity index (χ0) is 63.3. The number of hydrogen-bond acceptors (Lipinski definition) is 20. The van der Waals surface area contributed by atoms with E-state index < -0.39 is 43.8 Å². The molecule has 463 valence electrons. The van der Waals surface area contributed by atoms with E-state index in [4.69, 9.17) is 56.8 Å². The third-order valence-corrected chi connectivity index (χ3v) is 10.9. The average Bonchev–Trinajstić information content (AvgIpc) is 3.40. The van der Waals surface area contributed by atoms with Crippen LogP contribution in [0.2, 0.25) is 0 Å². The Morgan fingerprint density at radius 2 is 0.845 bits per heavy atom. The van der Waals surface area contributed by atoms with E-state index in [-0.39, 0.29) is 101 Å². The minimum Gasteiger partial charge on any atom is -1.00 e. The summed E-state index contributed by atoms with van der Waals surface area (Å²) in [5.41, 5.74) is 13.2. The Hall–Kier alpha value is -4.44. The van der Waals surface area contributed by atoms with Crippen LogP contribution in [-0.2, 0) is 55.9 Å². The molecule has 0 aliphatic rings. The predicted octanol–water partition coefficient (Wildman–Crippen LogP) is 7.70. The van der Waals surface area contributed by atoms with Crippen molar-refractivity contribution in [2.75, 3.05) is 47.0 Å². The molecule has 0 spiro atoms. The van der Waals surface area contributed by atoms with Crippen molar-refractivity contribution in [2.24, 2.45) is 0 Å². The van der Waals surface area contributed by atoms with Gasteiger partial charge in [0.2, 0.25) is 0 Å². The maximum absolute atomic E-state index is 11.1. The van der Waals surface area contributed by atoms with Gasteiger partial charge >= 0.3 is 121 Å². The fourth-order valence-electron chi connectivity index (χ4n) is 4.96. The van der Waals surface area contributed by atoms with Gasteiger partial charge in [-0.2, -0.15) is 8.42 Å². The Balaban J connectivity index is -0.000000167. The largest absolute Gasteiger partial charge is 1.00 e. The molecule has 6 rings (SSSR count). The third-order valence-electron chi connectivity index (χ3n) is 8.18. The van der Waals surface area contributed by atoms with Gasteiger partial charge < -0.3 is 57.7 Å². The van der Waals surface area contributed by atoms with Gasteiger partial charge in [0.25, 0.3) is 21.5 Å². The van der Waals surface area contributed by atoms with Crippen LogP contribution in [0.3, 0.4) is 0 Å². The number of halogens is 7. The first-order valence-electron chi connectivity index (χ1n) is 20.4. The van der Waals surface area contributed by atoms with Gasteiger partial charge in [-0.15, -0.1) is 0 Å². The fraction of sp³-hybridized carbons (Fsp3) is 0.128. The van der Waals surface area contributed by atoms with Crippen molar-refractivity contribution in [3.05, 3.63) is 187 Å². The number of carboxylic acid groups (broad SMARTS) is 1. The van der Waals surface area contributed by atoms with Crippen LogP contribution in [0.15, 0.2) is 138 Å². The number of anilines is 2. The number of hydrogen-bond donors (Lipinski definition) is 7. The maximum Gasteiger partial charge on any atom is 1.00 e. The number of carbonyl (C=O) groups is 5. The van der Waals surface area contributed by atoms with Crippen LogP contribution in [-0.4, -0.2) is 123 Å². The van der Waals surface area contributed by atoms with E-state index in [0.717, 1.165) is 29.3 Å². The number of non-ortho nitro benzene ring substituents is 2. The number of methoxy groups -OCH3 is 4. The minimum absolute atomic E-state index is 0. The molecule has 37 heteroatoms. The molecule has 0 heterocycles. The van der Waals surface area contributed by atoms with Crippen molar-refractivity contribution in [3.8, 4) is 11.5 Å². The molecular formula is C47H49BBr5Cl2CuN4NaNiO21S. The van der Waals surface area contributed by atoms with Crippen molar-refractivity contribution in [3.63, 3.8) is 0 Å². The van der Waals surface area contributed by atoms with E-state index in [1.54, 1.807) is 36.4 Å². The molecule has 0 aromatic heterocycles. The van der Waals surface area contributed by atoms with Crippen molar-refractivity contribution >= 4 is 169 Å². The number of nitro benzene ring substituents is 2. The number of nitrogen functional groups attached to an aromatic ring is 2. The van der Waals surface area contributed by atoms with E-state index in [9.17, 15) is 52.6 Å². The number of nitrogens with zero attached hydrogens (tertiary/aromatic N) is 2. The van der Waals surface area contributed by atoms with Crippen molar-refractivity contribution in [2.45, 2.75) is 11.8 Å². The molecule has 3 radical (unpaired) electrons. The van der Waals surface area contributed by atoms with Crippen LogP contribution < -0.4 is 41.0 Å². The molecule has 25 nitrogen and oxygen atoms in total. The number of carbonyl (C=O) groups excluding carboxylic acids is 4. The van der Waals surface area contributed by atoms with Crippen molar-refractivity contribution < 1.29 is 149 Å². The standard InChI is InChI=1S/C8H6BrNO4.C8H8BrNO2.C8H7BrO3.C8H8N2O4.C7H5BrO3.C7H8O3S.CH4O.B.BrH.2ClH.Cu.Na.Ni.H2O.H/c1-14-8(11)5-2-6(9)4-7(3-5)10(12)13;2*1-12-8(11)5-2-6(9)4-7(10)3-5;1-14-8(11)5-2-6(9)4-7(3-5)10(12)13;8-5-1-4(7(10)11)2-6(9)3-5;1-6-2-4-7(5-3-6)11(8,9)10;1-2;;;;;;;;;/h2-4H,1H3;2-4H,10H2,1H3;2-4,10H,1H3;2-4H,9H2,1H3;1-3,9H,(H,10,11);2-5H,1H3,(H,8,9,10);2H,1H3;;3*1H;;;;1H2;/q;;;;;;;;;;;2*+1;+2;;-1/p-3. The van der Waals surface area contributed by atoms with Crippen LogP contribution >= 0.6 is 98.2 Å². The smallest absolute Gasteiger partial charge is 1.00 e. The first kappa shape index (κ1) is 90.7. The number of rotatable bonds is 8. The number of nitro groups is 2. The summed E-state index contributed by atoms with van der Waals surface area (Å²) in [6, 6.07) is 26.9. The summed E-state index contributed by atoms with van der Waals surface area (Å²) in [7, 11) is 11.4. The number of benzene rings is 6. The van der Waals surface area contributed by atoms with Gasteiger partial charge in [-0.3, -0.25) is 24.8 Å². The number of aliphatic hydroxyl groups is 1. The Bertz CT molecular complexity index is 2990. The monoisotopic (exact) mass is 1660 g/mol. The summed E-state index contributed by atoms with van der Waals surface area (Å²) in [5.74, 6) is -3.19. The molecule has 84 heavy (non-hydrogen) atoms. The second-order valence-corrected chi connectivity index (χ2v) is 20.5. The zero-order valence-corrected chi connectivity index (χ0v) is 58.3. The first-order valence-corrected chi connectivity index (χ1v) is 30.1.